The number of fused-ring (bicyclic) bond motifs is 1. The minimum Gasteiger partial charge on any atom is -0.294 e. The monoisotopic (exact) mass is 478 g/mol. The lowest BCUT2D eigenvalue weighted by atomic mass is 9.75. The number of sulfonamides is 1. The zero-order chi connectivity index (χ0) is 24.1. The second kappa shape index (κ2) is 8.43. The maximum atomic E-state index is 13.6. The van der Waals surface area contributed by atoms with E-state index in [0.717, 1.165) is 23.4 Å². The Kier molecular flexibility index (Phi) is 5.68. The van der Waals surface area contributed by atoms with Gasteiger partial charge < -0.3 is 0 Å². The van der Waals surface area contributed by atoms with Gasteiger partial charge in [-0.1, -0.05) is 37.6 Å². The molecule has 3 heterocycles. The van der Waals surface area contributed by atoms with E-state index in [4.69, 9.17) is 5.10 Å². The van der Waals surface area contributed by atoms with Gasteiger partial charge in [0.05, 0.1) is 40.1 Å². The average molecular weight is 479 g/mol. The van der Waals surface area contributed by atoms with Crippen LogP contribution in [0.15, 0.2) is 53.6 Å². The van der Waals surface area contributed by atoms with Gasteiger partial charge in [0.1, 0.15) is 0 Å². The Labute approximate surface area is 200 Å². The molecular weight excluding hydrogens is 448 g/mol. The number of nitrogens with zero attached hydrogens (tertiary/aromatic N) is 4. The predicted molar refractivity (Wildman–Crippen MR) is 129 cm³/mol. The van der Waals surface area contributed by atoms with Crippen LogP contribution >= 0.6 is 0 Å². The molecule has 3 aromatic rings. The standard InChI is InChI=1S/C26H30N4O3S/c1-18-9-11-20(12-10-18)34(32,33)30-14-6-8-21(30)25-24-22(15-26(2,3)16-23(24)31)29(28-25)17-19-7-4-5-13-27-19/h4-5,7,9-13,21H,6,8,14-17H2,1-3H3/t21-/m0/s1. The SMILES string of the molecule is Cc1ccc(S(=O)(=O)N2CCC[C@H]2c2nn(Cc3ccccn3)c3c2C(=O)CC(C)(C)C3)cc1. The number of hydrogen-bond acceptors (Lipinski definition) is 5. The number of carbonyl (C=O) groups excluding carboxylic acids is 1. The third kappa shape index (κ3) is 4.09. The number of pyridine rings is 1. The van der Waals surface area contributed by atoms with E-state index in [-0.39, 0.29) is 16.1 Å². The molecule has 0 amide bonds. The Bertz CT molecular complexity index is 1330. The van der Waals surface area contributed by atoms with Crippen molar-refractivity contribution in [3.63, 3.8) is 0 Å². The van der Waals surface area contributed by atoms with Gasteiger partial charge in [-0.2, -0.15) is 9.40 Å². The molecule has 8 heteroatoms. The number of ketones is 1. The van der Waals surface area contributed by atoms with Gasteiger partial charge in [-0.25, -0.2) is 8.42 Å². The van der Waals surface area contributed by atoms with Crippen molar-refractivity contribution in [1.82, 2.24) is 19.1 Å². The van der Waals surface area contributed by atoms with Crippen LogP contribution in [-0.2, 0) is 23.0 Å². The summed E-state index contributed by atoms with van der Waals surface area (Å²) in [6.45, 7) is 6.99. The summed E-state index contributed by atoms with van der Waals surface area (Å²) in [7, 11) is -3.71. The molecule has 1 saturated heterocycles. The highest BCUT2D eigenvalue weighted by molar-refractivity contribution is 7.89. The van der Waals surface area contributed by atoms with Crippen molar-refractivity contribution in [3.8, 4) is 0 Å². The van der Waals surface area contributed by atoms with Gasteiger partial charge in [-0.3, -0.25) is 14.5 Å². The van der Waals surface area contributed by atoms with Gasteiger partial charge >= 0.3 is 0 Å². The molecule has 1 aliphatic heterocycles. The second-order valence-electron chi connectivity index (χ2n) is 10.2. The van der Waals surface area contributed by atoms with Crippen LogP contribution in [0.3, 0.4) is 0 Å². The fraction of sp³-hybridized carbons (Fsp3) is 0.423. The first kappa shape index (κ1) is 22.9. The van der Waals surface area contributed by atoms with Crippen molar-refractivity contribution in [2.75, 3.05) is 6.54 Å². The molecule has 0 bridgehead atoms. The number of Topliss-reactive ketones (excluding diaryl/α,β-unsaturated/α-hetero) is 1. The average Bonchev–Trinajstić information content (AvgIpc) is 3.40. The number of hydrogen-bond donors (Lipinski definition) is 0. The van der Waals surface area contributed by atoms with Crippen LogP contribution in [0, 0.1) is 12.3 Å². The van der Waals surface area contributed by atoms with Gasteiger partial charge in [0.2, 0.25) is 10.0 Å². The molecule has 7 nitrogen and oxygen atoms in total. The third-order valence-electron chi connectivity index (χ3n) is 6.83. The second-order valence-corrected chi connectivity index (χ2v) is 12.1. The maximum absolute atomic E-state index is 13.6. The highest BCUT2D eigenvalue weighted by Gasteiger charge is 2.43. The van der Waals surface area contributed by atoms with Crippen LogP contribution < -0.4 is 0 Å². The van der Waals surface area contributed by atoms with Gasteiger partial charge in [0.15, 0.2) is 5.78 Å². The number of rotatable bonds is 5. The largest absolute Gasteiger partial charge is 0.294 e. The lowest BCUT2D eigenvalue weighted by Crippen LogP contribution is -2.33. The molecule has 178 valence electrons. The van der Waals surface area contributed by atoms with Crippen molar-refractivity contribution >= 4 is 15.8 Å². The highest BCUT2D eigenvalue weighted by Crippen LogP contribution is 2.43. The molecule has 1 atom stereocenters. The lowest BCUT2D eigenvalue weighted by Gasteiger charge is -2.30. The molecule has 34 heavy (non-hydrogen) atoms. The van der Waals surface area contributed by atoms with E-state index in [9.17, 15) is 13.2 Å². The normalized spacial score (nSPS) is 20.4. The fourth-order valence-electron chi connectivity index (χ4n) is 5.20. The topological polar surface area (TPSA) is 85.2 Å². The first-order chi connectivity index (χ1) is 16.2. The summed E-state index contributed by atoms with van der Waals surface area (Å²) >= 11 is 0. The maximum Gasteiger partial charge on any atom is 0.243 e. The van der Waals surface area contributed by atoms with Crippen molar-refractivity contribution in [1.29, 1.82) is 0 Å². The van der Waals surface area contributed by atoms with Gasteiger partial charge in [-0.15, -0.1) is 0 Å². The zero-order valence-corrected chi connectivity index (χ0v) is 20.7. The molecule has 1 aromatic carbocycles. The van der Waals surface area contributed by atoms with Crippen LogP contribution in [-0.4, -0.2) is 39.8 Å². The lowest BCUT2D eigenvalue weighted by molar-refractivity contribution is 0.0907. The number of aromatic nitrogens is 3. The quantitative estimate of drug-likeness (QED) is 0.545. The summed E-state index contributed by atoms with van der Waals surface area (Å²) in [5, 5.41) is 4.91. The van der Waals surface area contributed by atoms with E-state index < -0.39 is 16.1 Å². The number of aryl methyl sites for hydroxylation is 1. The molecule has 1 aliphatic carbocycles. The van der Waals surface area contributed by atoms with Crippen LogP contribution in [0.1, 0.15) is 72.2 Å². The van der Waals surface area contributed by atoms with Crippen LogP contribution in [0.2, 0.25) is 0 Å². The molecule has 2 aliphatic rings. The molecule has 0 spiro atoms. The van der Waals surface area contributed by atoms with Crippen LogP contribution in [0.5, 0.6) is 0 Å². The van der Waals surface area contributed by atoms with E-state index in [2.05, 4.69) is 18.8 Å². The summed E-state index contributed by atoms with van der Waals surface area (Å²) in [6.07, 6.45) is 4.27. The van der Waals surface area contributed by atoms with E-state index in [1.807, 2.05) is 41.9 Å². The first-order valence-electron chi connectivity index (χ1n) is 11.8. The summed E-state index contributed by atoms with van der Waals surface area (Å²) < 4.78 is 30.6. The summed E-state index contributed by atoms with van der Waals surface area (Å²) in [4.78, 5) is 18.1. The van der Waals surface area contributed by atoms with E-state index in [1.165, 1.54) is 0 Å². The van der Waals surface area contributed by atoms with Crippen molar-refractivity contribution < 1.29 is 13.2 Å². The Hall–Kier alpha value is -2.84. The molecule has 2 aromatic heterocycles. The van der Waals surface area contributed by atoms with E-state index in [1.54, 1.807) is 22.6 Å². The number of carbonyl (C=O) groups is 1. The summed E-state index contributed by atoms with van der Waals surface area (Å²) in [6, 6.07) is 12.2. The summed E-state index contributed by atoms with van der Waals surface area (Å²) in [5.41, 5.74) is 3.79. The van der Waals surface area contributed by atoms with Crippen molar-refractivity contribution in [3.05, 3.63) is 76.9 Å². The zero-order valence-electron chi connectivity index (χ0n) is 19.9. The predicted octanol–water partition coefficient (Wildman–Crippen LogP) is 4.32. The highest BCUT2D eigenvalue weighted by atomic mass is 32.2. The van der Waals surface area contributed by atoms with Gasteiger partial charge in [0, 0.05) is 19.2 Å². The van der Waals surface area contributed by atoms with E-state index in [0.29, 0.717) is 43.6 Å². The molecule has 1 fully saturated rings. The molecule has 0 unspecified atom stereocenters. The molecule has 0 radical (unpaired) electrons. The van der Waals surface area contributed by atoms with Gasteiger partial charge in [0.25, 0.3) is 0 Å². The smallest absolute Gasteiger partial charge is 0.243 e. The van der Waals surface area contributed by atoms with Crippen molar-refractivity contribution in [2.45, 2.75) is 63.9 Å². The minimum atomic E-state index is -3.71. The van der Waals surface area contributed by atoms with Crippen LogP contribution in [0.4, 0.5) is 0 Å². The van der Waals surface area contributed by atoms with E-state index >= 15 is 0 Å². The Balaban J connectivity index is 1.59. The Morgan fingerprint density at radius 3 is 2.56 bits per heavy atom. The van der Waals surface area contributed by atoms with Crippen molar-refractivity contribution in [2.24, 2.45) is 5.41 Å². The fourth-order valence-corrected chi connectivity index (χ4v) is 6.86. The Morgan fingerprint density at radius 2 is 1.85 bits per heavy atom. The molecular formula is C26H30N4O3S. The Morgan fingerprint density at radius 1 is 1.09 bits per heavy atom. The van der Waals surface area contributed by atoms with Gasteiger partial charge in [-0.05, 0) is 55.9 Å². The molecule has 5 rings (SSSR count). The molecule has 0 N–H and O–H groups in total. The number of benzene rings is 1. The first-order valence-corrected chi connectivity index (χ1v) is 13.2. The molecule has 0 saturated carbocycles. The van der Waals surface area contributed by atoms with Crippen LogP contribution in [0.25, 0.3) is 0 Å². The summed E-state index contributed by atoms with van der Waals surface area (Å²) in [5.74, 6) is 0.0492. The third-order valence-corrected chi connectivity index (χ3v) is 8.76. The minimum absolute atomic E-state index is 0.0492.